The van der Waals surface area contributed by atoms with E-state index >= 15 is 0 Å². The molecule has 0 bridgehead atoms. The fourth-order valence-electron chi connectivity index (χ4n) is 3.21. The summed E-state index contributed by atoms with van der Waals surface area (Å²) in [6.45, 7) is -0.384. The summed E-state index contributed by atoms with van der Waals surface area (Å²) in [7, 11) is 2.74. The van der Waals surface area contributed by atoms with E-state index in [-0.39, 0.29) is 6.61 Å². The standard InChI is InChI=1S/C22H26O9/c1-27-15-9-7-13(8-10-15)11-14-5-3-4-6-16(14)30-21-20(25)19(24)18(23)17(31-21)12-29-22(26)28-2/h3-10,17-21,23-25H,11-12H2,1-2H3/t17-,18-,19+,20-,21?/m1/s1. The maximum Gasteiger partial charge on any atom is 0.508 e. The third-order valence-corrected chi connectivity index (χ3v) is 4.97. The smallest absolute Gasteiger partial charge is 0.497 e. The third-order valence-electron chi connectivity index (χ3n) is 4.97. The van der Waals surface area contributed by atoms with E-state index in [1.807, 2.05) is 36.4 Å². The minimum atomic E-state index is -1.56. The molecule has 0 amide bonds. The molecule has 1 aliphatic rings. The summed E-state index contributed by atoms with van der Waals surface area (Å²) in [5.74, 6) is 1.19. The Morgan fingerprint density at radius 1 is 0.968 bits per heavy atom. The fraction of sp³-hybridized carbons (Fsp3) is 0.409. The van der Waals surface area contributed by atoms with E-state index in [1.54, 1.807) is 19.2 Å². The highest BCUT2D eigenvalue weighted by atomic mass is 16.7. The fourth-order valence-corrected chi connectivity index (χ4v) is 3.21. The van der Waals surface area contributed by atoms with Crippen molar-refractivity contribution in [3.05, 3.63) is 59.7 Å². The topological polar surface area (TPSA) is 124 Å². The summed E-state index contributed by atoms with van der Waals surface area (Å²) in [5, 5.41) is 30.7. The normalized spacial score (nSPS) is 25.5. The summed E-state index contributed by atoms with van der Waals surface area (Å²) in [6, 6.07) is 14.8. The van der Waals surface area contributed by atoms with Crippen LogP contribution in [0.3, 0.4) is 0 Å². The average Bonchev–Trinajstić information content (AvgIpc) is 2.80. The van der Waals surface area contributed by atoms with Crippen molar-refractivity contribution < 1.29 is 43.8 Å². The second-order valence-electron chi connectivity index (χ2n) is 7.03. The van der Waals surface area contributed by atoms with Crippen LogP contribution in [0.2, 0.25) is 0 Å². The second-order valence-corrected chi connectivity index (χ2v) is 7.03. The van der Waals surface area contributed by atoms with Crippen LogP contribution < -0.4 is 9.47 Å². The first-order valence-electron chi connectivity index (χ1n) is 9.70. The molecule has 0 saturated carbocycles. The Labute approximate surface area is 179 Å². The van der Waals surface area contributed by atoms with Gasteiger partial charge in [0.15, 0.2) is 0 Å². The molecule has 2 aromatic carbocycles. The molecular weight excluding hydrogens is 408 g/mol. The monoisotopic (exact) mass is 434 g/mol. The van der Waals surface area contributed by atoms with Gasteiger partial charge in [-0.05, 0) is 29.3 Å². The van der Waals surface area contributed by atoms with Gasteiger partial charge in [-0.1, -0.05) is 30.3 Å². The van der Waals surface area contributed by atoms with Gasteiger partial charge in [0.25, 0.3) is 0 Å². The minimum absolute atomic E-state index is 0.384. The summed E-state index contributed by atoms with van der Waals surface area (Å²) < 4.78 is 25.8. The van der Waals surface area contributed by atoms with Crippen LogP contribution in [0.1, 0.15) is 11.1 Å². The lowest BCUT2D eigenvalue weighted by atomic mass is 9.99. The van der Waals surface area contributed by atoms with Crippen molar-refractivity contribution in [2.75, 3.05) is 20.8 Å². The summed E-state index contributed by atoms with van der Waals surface area (Å²) >= 11 is 0. The molecule has 1 saturated heterocycles. The van der Waals surface area contributed by atoms with Crippen LogP contribution in [-0.2, 0) is 20.6 Å². The lowest BCUT2D eigenvalue weighted by Gasteiger charge is -2.40. The van der Waals surface area contributed by atoms with Gasteiger partial charge in [-0.3, -0.25) is 0 Å². The van der Waals surface area contributed by atoms with E-state index in [0.717, 1.165) is 24.0 Å². The quantitative estimate of drug-likeness (QED) is 0.553. The maximum atomic E-state index is 11.2. The highest BCUT2D eigenvalue weighted by molar-refractivity contribution is 5.59. The number of aliphatic hydroxyl groups is 3. The molecule has 3 rings (SSSR count). The number of carbonyl (C=O) groups is 1. The molecule has 1 heterocycles. The number of carbonyl (C=O) groups excluding carboxylic acids is 1. The molecule has 3 N–H and O–H groups in total. The maximum absolute atomic E-state index is 11.2. The van der Waals surface area contributed by atoms with Gasteiger partial charge in [0, 0.05) is 6.42 Å². The largest absolute Gasteiger partial charge is 0.508 e. The number of rotatable bonds is 7. The van der Waals surface area contributed by atoms with Gasteiger partial charge in [-0.2, -0.15) is 0 Å². The molecule has 31 heavy (non-hydrogen) atoms. The van der Waals surface area contributed by atoms with Crippen molar-refractivity contribution in [1.82, 2.24) is 0 Å². The van der Waals surface area contributed by atoms with Gasteiger partial charge in [0.1, 0.15) is 42.5 Å². The molecular formula is C22H26O9. The predicted octanol–water partition coefficient (Wildman–Crippen LogP) is 1.26. The zero-order valence-corrected chi connectivity index (χ0v) is 17.2. The number of methoxy groups -OCH3 is 2. The molecule has 9 nitrogen and oxygen atoms in total. The van der Waals surface area contributed by atoms with E-state index in [9.17, 15) is 20.1 Å². The van der Waals surface area contributed by atoms with E-state index < -0.39 is 36.9 Å². The Morgan fingerprint density at radius 3 is 2.35 bits per heavy atom. The van der Waals surface area contributed by atoms with Crippen molar-refractivity contribution in [2.45, 2.75) is 37.1 Å². The highest BCUT2D eigenvalue weighted by Gasteiger charge is 2.45. The lowest BCUT2D eigenvalue weighted by molar-refractivity contribution is -0.277. The van der Waals surface area contributed by atoms with Gasteiger partial charge in [0.05, 0.1) is 14.2 Å². The van der Waals surface area contributed by atoms with Gasteiger partial charge in [-0.25, -0.2) is 4.79 Å². The van der Waals surface area contributed by atoms with Crippen LogP contribution in [-0.4, -0.2) is 73.0 Å². The molecule has 0 aliphatic carbocycles. The van der Waals surface area contributed by atoms with E-state index in [2.05, 4.69) is 4.74 Å². The Kier molecular flexibility index (Phi) is 7.69. The van der Waals surface area contributed by atoms with Crippen molar-refractivity contribution in [3.63, 3.8) is 0 Å². The highest BCUT2D eigenvalue weighted by Crippen LogP contribution is 2.28. The zero-order valence-electron chi connectivity index (χ0n) is 17.2. The molecule has 0 radical (unpaired) electrons. The predicted molar refractivity (Wildman–Crippen MR) is 108 cm³/mol. The third kappa shape index (κ3) is 5.65. The minimum Gasteiger partial charge on any atom is -0.497 e. The zero-order chi connectivity index (χ0) is 22.4. The van der Waals surface area contributed by atoms with Crippen molar-refractivity contribution in [2.24, 2.45) is 0 Å². The Morgan fingerprint density at radius 2 is 1.68 bits per heavy atom. The molecule has 5 atom stereocenters. The number of hydrogen-bond acceptors (Lipinski definition) is 9. The van der Waals surface area contributed by atoms with Crippen LogP contribution in [0.4, 0.5) is 4.79 Å². The van der Waals surface area contributed by atoms with E-state index in [4.69, 9.17) is 18.9 Å². The van der Waals surface area contributed by atoms with E-state index in [1.165, 1.54) is 0 Å². The van der Waals surface area contributed by atoms with Crippen LogP contribution in [0.5, 0.6) is 11.5 Å². The first kappa shape index (κ1) is 22.8. The SMILES string of the molecule is COC(=O)OC[C@H]1OC(Oc2ccccc2Cc2ccc(OC)cc2)[C@H](O)[C@@H](O)[C@@H]1O. The first-order chi connectivity index (χ1) is 14.9. The van der Waals surface area contributed by atoms with Crippen LogP contribution in [0, 0.1) is 0 Å². The number of aliphatic hydroxyl groups excluding tert-OH is 3. The lowest BCUT2D eigenvalue weighted by Crippen LogP contribution is -2.60. The van der Waals surface area contributed by atoms with Crippen molar-refractivity contribution >= 4 is 6.16 Å². The number of para-hydroxylation sites is 1. The summed E-state index contributed by atoms with van der Waals surface area (Å²) in [6.07, 6.45) is -7.37. The average molecular weight is 434 g/mol. The van der Waals surface area contributed by atoms with Gasteiger partial charge >= 0.3 is 6.16 Å². The Bertz CT molecular complexity index is 854. The van der Waals surface area contributed by atoms with Crippen LogP contribution >= 0.6 is 0 Å². The number of ether oxygens (including phenoxy) is 5. The van der Waals surface area contributed by atoms with Crippen molar-refractivity contribution in [1.29, 1.82) is 0 Å². The molecule has 0 aromatic heterocycles. The molecule has 168 valence electrons. The van der Waals surface area contributed by atoms with Gasteiger partial charge in [-0.15, -0.1) is 0 Å². The van der Waals surface area contributed by atoms with Crippen LogP contribution in [0.25, 0.3) is 0 Å². The van der Waals surface area contributed by atoms with E-state index in [0.29, 0.717) is 12.2 Å². The van der Waals surface area contributed by atoms with Crippen molar-refractivity contribution in [3.8, 4) is 11.5 Å². The molecule has 1 unspecified atom stereocenters. The molecule has 2 aromatic rings. The Balaban J connectivity index is 1.73. The van der Waals surface area contributed by atoms with Gasteiger partial charge in [0.2, 0.25) is 6.29 Å². The molecule has 9 heteroatoms. The summed E-state index contributed by atoms with van der Waals surface area (Å²) in [5.41, 5.74) is 1.84. The Hall–Kier alpha value is -2.85. The second kappa shape index (κ2) is 10.5. The summed E-state index contributed by atoms with van der Waals surface area (Å²) in [4.78, 5) is 11.2. The number of hydrogen-bond donors (Lipinski definition) is 3. The first-order valence-corrected chi connectivity index (χ1v) is 9.70. The molecule has 1 fully saturated rings. The number of benzene rings is 2. The molecule has 1 aliphatic heterocycles. The molecule has 0 spiro atoms. The van der Waals surface area contributed by atoms with Gasteiger partial charge < -0.3 is 39.0 Å². The van der Waals surface area contributed by atoms with Crippen LogP contribution in [0.15, 0.2) is 48.5 Å².